The molecule has 1 aliphatic rings. The fourth-order valence-electron chi connectivity index (χ4n) is 1.62. The van der Waals surface area contributed by atoms with E-state index in [2.05, 4.69) is 4.98 Å². The maximum Gasteiger partial charge on any atom is 0.271 e. The van der Waals surface area contributed by atoms with Crippen molar-refractivity contribution >= 4 is 0 Å². The van der Waals surface area contributed by atoms with Crippen molar-refractivity contribution in [1.82, 2.24) is 4.98 Å². The van der Waals surface area contributed by atoms with Crippen LogP contribution in [-0.2, 0) is 4.74 Å². The Morgan fingerprint density at radius 2 is 2.06 bits per heavy atom. The second-order valence-electron chi connectivity index (χ2n) is 3.95. The number of alkyl halides is 2. The van der Waals surface area contributed by atoms with Gasteiger partial charge in [-0.05, 0) is 25.0 Å². The highest BCUT2D eigenvalue weighted by atomic mass is 19.3. The number of ether oxygens (including phenoxy) is 1. The lowest BCUT2D eigenvalue weighted by atomic mass is 10.0. The average molecular weight is 243 g/mol. The molecular weight excluding hydrogens is 224 g/mol. The van der Waals surface area contributed by atoms with Crippen molar-refractivity contribution in [2.75, 3.05) is 6.61 Å². The maximum atomic E-state index is 12.8. The minimum atomic E-state index is -2.67. The zero-order chi connectivity index (χ0) is 12.9. The van der Waals surface area contributed by atoms with Crippen LogP contribution >= 0.6 is 0 Å². The molecule has 0 aromatic carbocycles. The third kappa shape index (κ3) is 4.04. The molecular formula is C13H19F2NO. The molecule has 17 heavy (non-hydrogen) atoms. The lowest BCUT2D eigenvalue weighted by Gasteiger charge is -2.28. The van der Waals surface area contributed by atoms with Gasteiger partial charge in [-0.25, -0.2) is 8.78 Å². The van der Waals surface area contributed by atoms with Gasteiger partial charge in [0.25, 0.3) is 5.92 Å². The van der Waals surface area contributed by atoms with E-state index in [1.807, 2.05) is 32.9 Å². The van der Waals surface area contributed by atoms with Crippen LogP contribution in [0.4, 0.5) is 8.78 Å². The molecule has 0 saturated carbocycles. The van der Waals surface area contributed by atoms with Gasteiger partial charge in [0.1, 0.15) is 6.61 Å². The van der Waals surface area contributed by atoms with Gasteiger partial charge in [0, 0.05) is 12.6 Å². The largest absolute Gasteiger partial charge is 0.366 e. The first-order chi connectivity index (χ1) is 8.07. The minimum Gasteiger partial charge on any atom is -0.366 e. The molecule has 1 saturated heterocycles. The first-order valence-electron chi connectivity index (χ1n) is 5.99. The summed E-state index contributed by atoms with van der Waals surface area (Å²) in [7, 11) is 0. The Morgan fingerprint density at radius 1 is 1.35 bits per heavy atom. The molecule has 0 N–H and O–H groups in total. The Morgan fingerprint density at radius 3 is 2.53 bits per heavy atom. The fourth-order valence-corrected chi connectivity index (χ4v) is 1.62. The quantitative estimate of drug-likeness (QED) is 0.746. The van der Waals surface area contributed by atoms with E-state index in [0.717, 1.165) is 11.3 Å². The molecule has 1 aromatic heterocycles. The molecule has 2 heterocycles. The second kappa shape index (κ2) is 6.05. The van der Waals surface area contributed by atoms with Crippen molar-refractivity contribution in [3.8, 4) is 0 Å². The molecule has 2 nitrogen and oxygen atoms in total. The standard InChI is InChI=1S/C11H13F2NO.C2H6/c1-8-2-3-9(14-6-8)10-4-5-11(12,13)7-15-10;1-2/h2-3,6,10H,4-5,7H2,1H3;1-2H3. The van der Waals surface area contributed by atoms with Crippen molar-refractivity contribution in [3.63, 3.8) is 0 Å². The summed E-state index contributed by atoms with van der Waals surface area (Å²) in [5.74, 6) is -2.67. The number of nitrogens with zero attached hydrogens (tertiary/aromatic N) is 1. The predicted octanol–water partition coefficient (Wildman–Crippen LogP) is 3.90. The molecule has 0 spiro atoms. The van der Waals surface area contributed by atoms with E-state index in [0.29, 0.717) is 6.42 Å². The highest BCUT2D eigenvalue weighted by Gasteiger charge is 2.36. The summed E-state index contributed by atoms with van der Waals surface area (Å²) in [6.45, 7) is 5.44. The molecule has 2 rings (SSSR count). The molecule has 1 unspecified atom stereocenters. The zero-order valence-electron chi connectivity index (χ0n) is 10.5. The van der Waals surface area contributed by atoms with Crippen molar-refractivity contribution in [2.24, 2.45) is 0 Å². The summed E-state index contributed by atoms with van der Waals surface area (Å²) in [4.78, 5) is 4.18. The molecule has 4 heteroatoms. The van der Waals surface area contributed by atoms with Gasteiger partial charge in [-0.1, -0.05) is 19.9 Å². The second-order valence-corrected chi connectivity index (χ2v) is 3.95. The van der Waals surface area contributed by atoms with Gasteiger partial charge in [-0.3, -0.25) is 4.98 Å². The van der Waals surface area contributed by atoms with Crippen LogP contribution in [0.3, 0.4) is 0 Å². The summed E-state index contributed by atoms with van der Waals surface area (Å²) >= 11 is 0. The fraction of sp³-hybridized carbons (Fsp3) is 0.615. The topological polar surface area (TPSA) is 22.1 Å². The van der Waals surface area contributed by atoms with Crippen LogP contribution in [0.25, 0.3) is 0 Å². The Bertz CT molecular complexity index is 328. The first kappa shape index (κ1) is 14.0. The monoisotopic (exact) mass is 243 g/mol. The van der Waals surface area contributed by atoms with Crippen LogP contribution in [0.1, 0.15) is 44.1 Å². The van der Waals surface area contributed by atoms with Crippen LogP contribution in [0.15, 0.2) is 18.3 Å². The lowest BCUT2D eigenvalue weighted by molar-refractivity contribution is -0.146. The van der Waals surface area contributed by atoms with Crippen LogP contribution in [-0.4, -0.2) is 17.5 Å². The van der Waals surface area contributed by atoms with E-state index in [1.54, 1.807) is 6.20 Å². The highest BCUT2D eigenvalue weighted by molar-refractivity contribution is 5.14. The predicted molar refractivity (Wildman–Crippen MR) is 63.2 cm³/mol. The van der Waals surface area contributed by atoms with Crippen LogP contribution < -0.4 is 0 Å². The number of pyridine rings is 1. The van der Waals surface area contributed by atoms with Gasteiger partial charge in [-0.2, -0.15) is 0 Å². The number of halogens is 2. The van der Waals surface area contributed by atoms with Gasteiger partial charge in [0.15, 0.2) is 0 Å². The third-order valence-corrected chi connectivity index (χ3v) is 2.53. The average Bonchev–Trinajstić information content (AvgIpc) is 2.33. The van der Waals surface area contributed by atoms with E-state index >= 15 is 0 Å². The van der Waals surface area contributed by atoms with Gasteiger partial charge < -0.3 is 4.74 Å². The van der Waals surface area contributed by atoms with Gasteiger partial charge in [0.05, 0.1) is 11.8 Å². The SMILES string of the molecule is CC.Cc1ccc(C2CCC(F)(F)CO2)nc1. The number of hydrogen-bond acceptors (Lipinski definition) is 2. The Labute approximate surface area is 101 Å². The minimum absolute atomic E-state index is 0.118. The van der Waals surface area contributed by atoms with Gasteiger partial charge in [-0.15, -0.1) is 0 Å². The van der Waals surface area contributed by atoms with Gasteiger partial charge in [0.2, 0.25) is 0 Å². The van der Waals surface area contributed by atoms with Crippen molar-refractivity contribution in [3.05, 3.63) is 29.6 Å². The molecule has 1 aliphatic heterocycles. The Kier molecular flexibility index (Phi) is 5.00. The molecule has 1 atom stereocenters. The summed E-state index contributed by atoms with van der Waals surface area (Å²) in [5.41, 5.74) is 1.80. The summed E-state index contributed by atoms with van der Waals surface area (Å²) in [6, 6.07) is 3.75. The van der Waals surface area contributed by atoms with E-state index in [4.69, 9.17) is 4.74 Å². The van der Waals surface area contributed by atoms with Crippen molar-refractivity contribution < 1.29 is 13.5 Å². The number of aromatic nitrogens is 1. The van der Waals surface area contributed by atoms with Crippen LogP contribution in [0.5, 0.6) is 0 Å². The summed E-state index contributed by atoms with van der Waals surface area (Å²) in [5, 5.41) is 0. The van der Waals surface area contributed by atoms with Crippen molar-refractivity contribution in [2.45, 2.75) is 45.6 Å². The zero-order valence-corrected chi connectivity index (χ0v) is 10.5. The summed E-state index contributed by atoms with van der Waals surface area (Å²) in [6.07, 6.45) is 1.67. The number of rotatable bonds is 1. The lowest BCUT2D eigenvalue weighted by Crippen LogP contribution is -2.31. The Hall–Kier alpha value is -1.03. The molecule has 1 fully saturated rings. The molecule has 0 bridgehead atoms. The summed E-state index contributed by atoms with van der Waals surface area (Å²) < 4.78 is 30.7. The van der Waals surface area contributed by atoms with Gasteiger partial charge >= 0.3 is 0 Å². The molecule has 0 radical (unpaired) electrons. The molecule has 0 amide bonds. The van der Waals surface area contributed by atoms with E-state index in [9.17, 15) is 8.78 Å². The van der Waals surface area contributed by atoms with Crippen molar-refractivity contribution in [1.29, 1.82) is 0 Å². The Balaban J connectivity index is 0.000000686. The molecule has 0 aliphatic carbocycles. The first-order valence-corrected chi connectivity index (χ1v) is 5.99. The van der Waals surface area contributed by atoms with Crippen LogP contribution in [0.2, 0.25) is 0 Å². The maximum absolute atomic E-state index is 12.8. The van der Waals surface area contributed by atoms with E-state index < -0.39 is 12.5 Å². The van der Waals surface area contributed by atoms with E-state index in [1.165, 1.54) is 0 Å². The van der Waals surface area contributed by atoms with Crippen LogP contribution in [0, 0.1) is 6.92 Å². The van der Waals surface area contributed by atoms with E-state index in [-0.39, 0.29) is 12.5 Å². The number of hydrogen-bond donors (Lipinski definition) is 0. The normalized spacial score (nSPS) is 22.5. The third-order valence-electron chi connectivity index (χ3n) is 2.53. The molecule has 96 valence electrons. The molecule has 1 aromatic rings. The smallest absolute Gasteiger partial charge is 0.271 e. The number of aryl methyl sites for hydroxylation is 1. The highest BCUT2D eigenvalue weighted by Crippen LogP contribution is 2.34.